The van der Waals surface area contributed by atoms with Crippen LogP contribution in [0.15, 0.2) is 71.8 Å². The van der Waals surface area contributed by atoms with Crippen LogP contribution in [0.25, 0.3) is 0 Å². The van der Waals surface area contributed by atoms with Crippen molar-refractivity contribution in [3.05, 3.63) is 94.0 Å². The number of carbonyl (C=O) groups is 1. The minimum absolute atomic E-state index is 0.0859. The van der Waals surface area contributed by atoms with E-state index in [1.54, 1.807) is 37.4 Å². The van der Waals surface area contributed by atoms with E-state index in [1.807, 2.05) is 37.3 Å². The third-order valence-electron chi connectivity index (χ3n) is 4.73. The van der Waals surface area contributed by atoms with Gasteiger partial charge in [-0.1, -0.05) is 59.8 Å². The third kappa shape index (κ3) is 3.88. The van der Waals surface area contributed by atoms with E-state index < -0.39 is 11.3 Å². The lowest BCUT2D eigenvalue weighted by Crippen LogP contribution is -2.26. The van der Waals surface area contributed by atoms with E-state index in [1.165, 1.54) is 22.8 Å². The van der Waals surface area contributed by atoms with E-state index in [4.69, 9.17) is 16.3 Å². The van der Waals surface area contributed by atoms with Crippen molar-refractivity contribution in [2.45, 2.75) is 12.3 Å². The monoisotopic (exact) mass is 438 g/mol. The first kappa shape index (κ1) is 20.3. The van der Waals surface area contributed by atoms with Gasteiger partial charge in [0.25, 0.3) is 5.91 Å². The van der Waals surface area contributed by atoms with Crippen molar-refractivity contribution in [3.63, 3.8) is 0 Å². The first-order valence-electron chi connectivity index (χ1n) is 9.25. The molecule has 0 fully saturated rings. The fourth-order valence-corrected chi connectivity index (χ4v) is 4.50. The van der Waals surface area contributed by atoms with Gasteiger partial charge in [0.2, 0.25) is 0 Å². The number of nitrogens with zero attached hydrogens (tertiary/aromatic N) is 2. The zero-order valence-electron chi connectivity index (χ0n) is 16.4. The molecule has 1 heterocycles. The first-order chi connectivity index (χ1) is 14.5. The summed E-state index contributed by atoms with van der Waals surface area (Å²) in [7, 11) is 1.61. The number of ether oxygens (including phenoxy) is 1. The quantitative estimate of drug-likeness (QED) is 0.574. The maximum absolute atomic E-state index is 13.3. The molecular formula is C23H19ClN2O3S. The van der Waals surface area contributed by atoms with Crippen LogP contribution in [0.1, 0.15) is 32.4 Å². The molecule has 0 radical (unpaired) electrons. The smallest absolute Gasteiger partial charge is 0.279 e. The normalized spacial score (nSPS) is 15.8. The molecule has 30 heavy (non-hydrogen) atoms. The predicted molar refractivity (Wildman–Crippen MR) is 120 cm³/mol. The summed E-state index contributed by atoms with van der Waals surface area (Å²) in [4.78, 5) is 13.3. The number of rotatable bonds is 4. The Morgan fingerprint density at radius 1 is 1.13 bits per heavy atom. The van der Waals surface area contributed by atoms with Crippen LogP contribution < -0.4 is 4.74 Å². The van der Waals surface area contributed by atoms with Gasteiger partial charge in [-0.05, 0) is 42.8 Å². The number of phenolic OH excluding ortho intramolecular Hbond substituents is 1. The number of amides is 1. The topological polar surface area (TPSA) is 62.1 Å². The van der Waals surface area contributed by atoms with Crippen LogP contribution >= 0.6 is 23.4 Å². The van der Waals surface area contributed by atoms with Crippen molar-refractivity contribution >= 4 is 34.3 Å². The fraction of sp³-hybridized carbons (Fsp3) is 0.130. The molecule has 3 aromatic carbocycles. The molecule has 0 aliphatic carbocycles. The van der Waals surface area contributed by atoms with Gasteiger partial charge in [-0.3, -0.25) is 4.79 Å². The largest absolute Gasteiger partial charge is 0.507 e. The Morgan fingerprint density at radius 3 is 2.57 bits per heavy atom. The first-order valence-corrected chi connectivity index (χ1v) is 10.5. The predicted octanol–water partition coefficient (Wildman–Crippen LogP) is 5.61. The Morgan fingerprint density at radius 2 is 1.87 bits per heavy atom. The summed E-state index contributed by atoms with van der Waals surface area (Å²) >= 11 is 7.46. The molecule has 0 spiro atoms. The molecule has 4 rings (SSSR count). The van der Waals surface area contributed by atoms with Crippen LogP contribution in [0.5, 0.6) is 11.5 Å². The Labute approximate surface area is 183 Å². The van der Waals surface area contributed by atoms with Gasteiger partial charge >= 0.3 is 0 Å². The second kappa shape index (κ2) is 8.42. The number of carbonyl (C=O) groups excluding carboxylic acids is 1. The molecule has 152 valence electrons. The number of aryl methyl sites for hydroxylation is 1. The molecule has 3 aromatic rings. The third-order valence-corrected chi connectivity index (χ3v) is 6.20. The number of aromatic hydroxyl groups is 1. The number of para-hydroxylation sites is 1. The summed E-state index contributed by atoms with van der Waals surface area (Å²) in [5, 5.41) is 17.1. The van der Waals surface area contributed by atoms with Gasteiger partial charge in [0, 0.05) is 16.1 Å². The minimum Gasteiger partial charge on any atom is -0.507 e. The number of halogens is 1. The molecule has 1 aliphatic heterocycles. The van der Waals surface area contributed by atoms with Gasteiger partial charge in [-0.15, -0.1) is 0 Å². The van der Waals surface area contributed by atoms with Crippen LogP contribution in [-0.4, -0.2) is 28.2 Å². The molecule has 0 saturated carbocycles. The number of hydrazone groups is 1. The number of benzene rings is 3. The zero-order valence-corrected chi connectivity index (χ0v) is 17.9. The summed E-state index contributed by atoms with van der Waals surface area (Å²) in [5.74, 6) is 0.199. The van der Waals surface area contributed by atoms with Crippen molar-refractivity contribution in [3.8, 4) is 11.5 Å². The fourth-order valence-electron chi connectivity index (χ4n) is 3.20. The zero-order chi connectivity index (χ0) is 21.3. The van der Waals surface area contributed by atoms with E-state index in [2.05, 4.69) is 5.10 Å². The average Bonchev–Trinajstić information content (AvgIpc) is 3.19. The molecular weight excluding hydrogens is 420 g/mol. The van der Waals surface area contributed by atoms with E-state index in [-0.39, 0.29) is 11.3 Å². The Hall–Kier alpha value is -2.96. The second-order valence-electron chi connectivity index (χ2n) is 6.79. The maximum atomic E-state index is 13.3. The van der Waals surface area contributed by atoms with Crippen molar-refractivity contribution in [1.29, 1.82) is 0 Å². The summed E-state index contributed by atoms with van der Waals surface area (Å²) in [6, 6.07) is 19.6. The van der Waals surface area contributed by atoms with Crippen LogP contribution in [-0.2, 0) is 0 Å². The number of thioether (sulfide) groups is 1. The Kier molecular flexibility index (Phi) is 5.70. The molecule has 0 aromatic heterocycles. The number of hydrogen-bond acceptors (Lipinski definition) is 5. The van der Waals surface area contributed by atoms with Crippen LogP contribution in [0.4, 0.5) is 0 Å². The second-order valence-corrected chi connectivity index (χ2v) is 8.30. The number of phenols is 1. The van der Waals surface area contributed by atoms with Gasteiger partial charge in [0.15, 0.2) is 0 Å². The molecule has 7 heteroatoms. The van der Waals surface area contributed by atoms with E-state index in [9.17, 15) is 9.90 Å². The minimum atomic E-state index is -0.446. The summed E-state index contributed by atoms with van der Waals surface area (Å²) in [6.07, 6.45) is 0. The summed E-state index contributed by atoms with van der Waals surface area (Å²) in [6.45, 7) is 1.98. The highest BCUT2D eigenvalue weighted by atomic mass is 35.5. The highest BCUT2D eigenvalue weighted by Crippen LogP contribution is 2.45. The lowest BCUT2D eigenvalue weighted by Gasteiger charge is -2.23. The van der Waals surface area contributed by atoms with Crippen LogP contribution in [0.3, 0.4) is 0 Å². The van der Waals surface area contributed by atoms with Crippen molar-refractivity contribution < 1.29 is 14.6 Å². The average molecular weight is 439 g/mol. The Balaban J connectivity index is 1.79. The maximum Gasteiger partial charge on any atom is 0.279 e. The molecule has 5 nitrogen and oxygen atoms in total. The van der Waals surface area contributed by atoms with E-state index >= 15 is 0 Å². The van der Waals surface area contributed by atoms with Crippen molar-refractivity contribution in [2.24, 2.45) is 5.10 Å². The highest BCUT2D eigenvalue weighted by Gasteiger charge is 2.37. The lowest BCUT2D eigenvalue weighted by atomic mass is 10.1. The molecule has 0 saturated heterocycles. The van der Waals surface area contributed by atoms with Gasteiger partial charge < -0.3 is 9.84 Å². The molecule has 1 atom stereocenters. The van der Waals surface area contributed by atoms with E-state index in [0.717, 1.165) is 16.7 Å². The molecule has 1 aliphatic rings. The number of hydrogen-bond donors (Lipinski definition) is 1. The molecule has 1 N–H and O–H groups in total. The van der Waals surface area contributed by atoms with Crippen LogP contribution in [0, 0.1) is 6.92 Å². The van der Waals surface area contributed by atoms with Crippen molar-refractivity contribution in [2.75, 3.05) is 7.11 Å². The highest BCUT2D eigenvalue weighted by molar-refractivity contribution is 8.14. The summed E-state index contributed by atoms with van der Waals surface area (Å²) in [5.41, 5.74) is 2.92. The lowest BCUT2D eigenvalue weighted by molar-refractivity contribution is 0.0745. The van der Waals surface area contributed by atoms with Gasteiger partial charge in [0.1, 0.15) is 21.9 Å². The summed E-state index contributed by atoms with van der Waals surface area (Å²) < 4.78 is 5.58. The van der Waals surface area contributed by atoms with E-state index in [0.29, 0.717) is 15.8 Å². The van der Waals surface area contributed by atoms with Crippen molar-refractivity contribution in [1.82, 2.24) is 5.01 Å². The van der Waals surface area contributed by atoms with Gasteiger partial charge in [0.05, 0.1) is 12.7 Å². The van der Waals surface area contributed by atoms with Gasteiger partial charge in [-0.2, -0.15) is 5.10 Å². The van der Waals surface area contributed by atoms with Gasteiger partial charge in [-0.25, -0.2) is 5.01 Å². The molecule has 1 amide bonds. The standard InChI is InChI=1S/C23H19ClN2O3S/c1-14-7-12-18(20(13-14)29-2)23-26(22(28)17-5-3-4-6-19(17)27)25-21(30-23)15-8-10-16(24)11-9-15/h3-13,23,27H,1-2H3. The number of methoxy groups -OCH3 is 1. The molecule has 1 unspecified atom stereocenters. The SMILES string of the molecule is COc1cc(C)ccc1C1SC(c2ccc(Cl)cc2)=NN1C(=O)c1ccccc1O. The van der Waals surface area contributed by atoms with Crippen LogP contribution in [0.2, 0.25) is 5.02 Å². The molecule has 0 bridgehead atoms. The Bertz CT molecular complexity index is 1130.